The second kappa shape index (κ2) is 4.31. The zero-order valence-corrected chi connectivity index (χ0v) is 10.3. The fraction of sp³-hybridized carbons (Fsp3) is 0.200. The topological polar surface area (TPSA) is 0 Å². The molecule has 1 heteroatoms. The molecule has 0 aliphatic carbocycles. The van der Waals surface area contributed by atoms with Gasteiger partial charge in [-0.25, -0.2) is 0 Å². The molecular weight excluding hydrogens is 216 g/mol. The van der Waals surface area contributed by atoms with Gasteiger partial charge < -0.3 is 0 Å². The maximum absolute atomic E-state index is 6.64. The number of benzene rings is 2. The van der Waals surface area contributed by atoms with Gasteiger partial charge >= 0.3 is 0 Å². The molecule has 0 bridgehead atoms. The van der Waals surface area contributed by atoms with E-state index >= 15 is 0 Å². The molecule has 0 radical (unpaired) electrons. The Morgan fingerprint density at radius 1 is 0.812 bits per heavy atom. The monoisotopic (exact) mass is 230 g/mol. The first-order chi connectivity index (χ1) is 7.60. The lowest BCUT2D eigenvalue weighted by atomic mass is 9.92. The average Bonchev–Trinajstić information content (AvgIpc) is 2.31. The molecule has 0 aliphatic heterocycles. The summed E-state index contributed by atoms with van der Waals surface area (Å²) in [6, 6.07) is 18.5. The van der Waals surface area contributed by atoms with E-state index in [1.807, 2.05) is 25.1 Å². The molecular formula is C15H15Cl. The van der Waals surface area contributed by atoms with Gasteiger partial charge in [-0.2, -0.15) is 0 Å². The van der Waals surface area contributed by atoms with Crippen LogP contribution in [0.15, 0.2) is 54.6 Å². The molecule has 0 aromatic heterocycles. The van der Waals surface area contributed by atoms with Crippen LogP contribution < -0.4 is 0 Å². The minimum Gasteiger partial charge on any atom is -0.109 e. The van der Waals surface area contributed by atoms with Gasteiger partial charge in [-0.1, -0.05) is 60.2 Å². The van der Waals surface area contributed by atoms with E-state index in [2.05, 4.69) is 43.3 Å². The van der Waals surface area contributed by atoms with Crippen molar-refractivity contribution in [1.82, 2.24) is 0 Å². The van der Waals surface area contributed by atoms with Gasteiger partial charge in [0.05, 0.1) is 4.87 Å². The minimum atomic E-state index is -0.449. The van der Waals surface area contributed by atoms with Crippen LogP contribution in [0.25, 0.3) is 0 Å². The molecule has 82 valence electrons. The Bertz CT molecular complexity index is 455. The highest BCUT2D eigenvalue weighted by Crippen LogP contribution is 2.35. The summed E-state index contributed by atoms with van der Waals surface area (Å²) in [7, 11) is 0. The number of alkyl halides is 1. The van der Waals surface area contributed by atoms with Crippen molar-refractivity contribution in [2.24, 2.45) is 0 Å². The van der Waals surface area contributed by atoms with Gasteiger partial charge in [0.1, 0.15) is 0 Å². The van der Waals surface area contributed by atoms with Crippen LogP contribution >= 0.6 is 11.6 Å². The summed E-state index contributed by atoms with van der Waals surface area (Å²) in [4.78, 5) is -0.449. The summed E-state index contributed by atoms with van der Waals surface area (Å²) < 4.78 is 0. The molecule has 16 heavy (non-hydrogen) atoms. The van der Waals surface area contributed by atoms with Crippen LogP contribution in [0.5, 0.6) is 0 Å². The van der Waals surface area contributed by atoms with Gasteiger partial charge in [-0.15, -0.1) is 11.6 Å². The third-order valence-corrected chi connectivity index (χ3v) is 3.35. The third-order valence-electron chi connectivity index (χ3n) is 2.91. The molecule has 0 heterocycles. The summed E-state index contributed by atoms with van der Waals surface area (Å²) in [6.07, 6.45) is 0. The Kier molecular flexibility index (Phi) is 3.02. The van der Waals surface area contributed by atoms with E-state index in [1.165, 1.54) is 5.56 Å². The van der Waals surface area contributed by atoms with Crippen LogP contribution in [-0.4, -0.2) is 0 Å². The number of hydrogen-bond donors (Lipinski definition) is 0. The SMILES string of the molecule is Cc1ccc(C(C)(Cl)c2ccccc2)cc1. The molecule has 0 saturated heterocycles. The van der Waals surface area contributed by atoms with E-state index in [-0.39, 0.29) is 0 Å². The molecule has 2 aromatic carbocycles. The first kappa shape index (κ1) is 11.2. The summed E-state index contributed by atoms with van der Waals surface area (Å²) in [5.41, 5.74) is 3.51. The van der Waals surface area contributed by atoms with Crippen LogP contribution in [0.4, 0.5) is 0 Å². The van der Waals surface area contributed by atoms with Crippen molar-refractivity contribution in [3.63, 3.8) is 0 Å². The van der Waals surface area contributed by atoms with Gasteiger partial charge in [0.15, 0.2) is 0 Å². The Hall–Kier alpha value is -1.27. The Labute approximate surface area is 102 Å². The van der Waals surface area contributed by atoms with E-state index in [0.717, 1.165) is 11.1 Å². The van der Waals surface area contributed by atoms with Crippen molar-refractivity contribution in [2.45, 2.75) is 18.7 Å². The molecule has 0 saturated carbocycles. The lowest BCUT2D eigenvalue weighted by molar-refractivity contribution is 0.822. The van der Waals surface area contributed by atoms with Crippen LogP contribution in [0.1, 0.15) is 23.6 Å². The molecule has 0 fully saturated rings. The second-order valence-corrected chi connectivity index (χ2v) is 4.99. The van der Waals surface area contributed by atoms with Gasteiger partial charge in [0, 0.05) is 0 Å². The smallest absolute Gasteiger partial charge is 0.0916 e. The molecule has 0 amide bonds. The maximum atomic E-state index is 6.64. The fourth-order valence-corrected chi connectivity index (χ4v) is 2.04. The van der Waals surface area contributed by atoms with Gasteiger partial charge in [-0.05, 0) is 25.0 Å². The van der Waals surface area contributed by atoms with Crippen molar-refractivity contribution in [1.29, 1.82) is 0 Å². The fourth-order valence-electron chi connectivity index (χ4n) is 1.78. The van der Waals surface area contributed by atoms with Crippen molar-refractivity contribution in [2.75, 3.05) is 0 Å². The molecule has 0 nitrogen and oxygen atoms in total. The summed E-state index contributed by atoms with van der Waals surface area (Å²) in [5.74, 6) is 0. The maximum Gasteiger partial charge on any atom is 0.0916 e. The van der Waals surface area contributed by atoms with E-state index in [9.17, 15) is 0 Å². The summed E-state index contributed by atoms with van der Waals surface area (Å²) in [6.45, 7) is 4.12. The van der Waals surface area contributed by atoms with Crippen LogP contribution in [0, 0.1) is 6.92 Å². The van der Waals surface area contributed by atoms with Gasteiger partial charge in [0.2, 0.25) is 0 Å². The van der Waals surface area contributed by atoms with Crippen molar-refractivity contribution in [3.8, 4) is 0 Å². The van der Waals surface area contributed by atoms with Crippen molar-refractivity contribution >= 4 is 11.6 Å². The molecule has 2 rings (SSSR count). The highest BCUT2D eigenvalue weighted by atomic mass is 35.5. The van der Waals surface area contributed by atoms with Gasteiger partial charge in [-0.3, -0.25) is 0 Å². The lowest BCUT2D eigenvalue weighted by Gasteiger charge is -2.23. The number of rotatable bonds is 2. The number of aryl methyl sites for hydroxylation is 1. The van der Waals surface area contributed by atoms with E-state index in [0.29, 0.717) is 0 Å². The summed E-state index contributed by atoms with van der Waals surface area (Å²) >= 11 is 6.64. The van der Waals surface area contributed by atoms with Crippen LogP contribution in [0.3, 0.4) is 0 Å². The Balaban J connectivity index is 2.43. The molecule has 1 unspecified atom stereocenters. The zero-order chi connectivity index (χ0) is 11.6. The van der Waals surface area contributed by atoms with E-state index in [1.54, 1.807) is 0 Å². The van der Waals surface area contributed by atoms with Crippen molar-refractivity contribution in [3.05, 3.63) is 71.3 Å². The van der Waals surface area contributed by atoms with Crippen LogP contribution in [0.2, 0.25) is 0 Å². The van der Waals surface area contributed by atoms with Crippen molar-refractivity contribution < 1.29 is 0 Å². The highest BCUT2D eigenvalue weighted by molar-refractivity contribution is 6.25. The molecule has 0 aliphatic rings. The Morgan fingerprint density at radius 3 is 1.88 bits per heavy atom. The minimum absolute atomic E-state index is 0.449. The zero-order valence-electron chi connectivity index (χ0n) is 9.57. The highest BCUT2D eigenvalue weighted by Gasteiger charge is 2.25. The lowest BCUT2D eigenvalue weighted by Crippen LogP contribution is -2.15. The molecule has 0 N–H and O–H groups in total. The quantitative estimate of drug-likeness (QED) is 0.667. The Morgan fingerprint density at radius 2 is 1.31 bits per heavy atom. The molecule has 0 spiro atoms. The predicted octanol–water partition coefficient (Wildman–Crippen LogP) is 4.50. The second-order valence-electron chi connectivity index (χ2n) is 4.24. The largest absolute Gasteiger partial charge is 0.109 e. The van der Waals surface area contributed by atoms with Crippen LogP contribution in [-0.2, 0) is 4.87 Å². The number of halogens is 1. The molecule has 1 atom stereocenters. The van der Waals surface area contributed by atoms with Gasteiger partial charge in [0.25, 0.3) is 0 Å². The summed E-state index contributed by atoms with van der Waals surface area (Å²) in [5, 5.41) is 0. The first-order valence-electron chi connectivity index (χ1n) is 5.42. The normalized spacial score (nSPS) is 14.4. The predicted molar refractivity (Wildman–Crippen MR) is 69.9 cm³/mol. The number of hydrogen-bond acceptors (Lipinski definition) is 0. The third kappa shape index (κ3) is 2.12. The standard InChI is InChI=1S/C15H15Cl/c1-12-8-10-14(11-9-12)15(2,16)13-6-4-3-5-7-13/h3-11H,1-2H3. The van der Waals surface area contributed by atoms with E-state index < -0.39 is 4.87 Å². The van der Waals surface area contributed by atoms with E-state index in [4.69, 9.17) is 11.6 Å². The average molecular weight is 231 g/mol. The first-order valence-corrected chi connectivity index (χ1v) is 5.80. The molecule has 2 aromatic rings.